The molecule has 0 bridgehead atoms. The lowest BCUT2D eigenvalue weighted by Crippen LogP contribution is -2.29. The fraction of sp³-hybridized carbons (Fsp3) is 0.160. The minimum Gasteiger partial charge on any atom is -0.507 e. The number of ketones is 1. The van der Waals surface area contributed by atoms with E-state index in [2.05, 4.69) is 4.98 Å². The van der Waals surface area contributed by atoms with Crippen LogP contribution >= 0.6 is 11.6 Å². The van der Waals surface area contributed by atoms with Crippen LogP contribution in [0.5, 0.6) is 5.75 Å². The van der Waals surface area contributed by atoms with Gasteiger partial charge in [0.25, 0.3) is 11.7 Å². The third kappa shape index (κ3) is 3.63. The van der Waals surface area contributed by atoms with E-state index in [9.17, 15) is 14.7 Å². The molecule has 7 heteroatoms. The summed E-state index contributed by atoms with van der Waals surface area (Å²) in [5.74, 6) is -1.46. The molecule has 32 heavy (non-hydrogen) atoms. The average molecular weight is 449 g/mol. The summed E-state index contributed by atoms with van der Waals surface area (Å²) in [5.41, 5.74) is 2.83. The number of benzene rings is 2. The molecule has 1 aliphatic rings. The lowest BCUT2D eigenvalue weighted by molar-refractivity contribution is -0.132. The van der Waals surface area contributed by atoms with Gasteiger partial charge in [-0.1, -0.05) is 29.8 Å². The summed E-state index contributed by atoms with van der Waals surface area (Å²) in [6.45, 7) is 3.73. The van der Waals surface area contributed by atoms with Crippen LogP contribution < -0.4 is 9.64 Å². The van der Waals surface area contributed by atoms with Crippen molar-refractivity contribution in [1.82, 2.24) is 4.98 Å². The Hall–Kier alpha value is -3.64. The summed E-state index contributed by atoms with van der Waals surface area (Å²) in [6, 6.07) is 14.6. The predicted molar refractivity (Wildman–Crippen MR) is 123 cm³/mol. The second-order valence-electron chi connectivity index (χ2n) is 7.57. The fourth-order valence-electron chi connectivity index (χ4n) is 4.09. The van der Waals surface area contributed by atoms with Crippen LogP contribution in [0.1, 0.15) is 28.4 Å². The number of amides is 1. The number of aliphatic hydroxyl groups is 1. The SMILES string of the molecule is COc1c(C)cc(C)cc1/C(O)=C1\C(=O)C(=O)N(c2cccc(Cl)c2)C1c1ccccn1. The maximum Gasteiger partial charge on any atom is 0.300 e. The molecule has 6 nitrogen and oxygen atoms in total. The molecule has 2 aromatic carbocycles. The van der Waals surface area contributed by atoms with Crippen LogP contribution in [-0.4, -0.2) is 28.9 Å². The summed E-state index contributed by atoms with van der Waals surface area (Å²) in [4.78, 5) is 32.1. The molecule has 1 unspecified atom stereocenters. The zero-order valence-corrected chi connectivity index (χ0v) is 18.6. The highest BCUT2D eigenvalue weighted by atomic mass is 35.5. The Kier molecular flexibility index (Phi) is 5.72. The Labute approximate surface area is 190 Å². The summed E-state index contributed by atoms with van der Waals surface area (Å²) < 4.78 is 5.50. The monoisotopic (exact) mass is 448 g/mol. The topological polar surface area (TPSA) is 79.7 Å². The van der Waals surface area contributed by atoms with E-state index in [1.165, 1.54) is 12.0 Å². The Morgan fingerprint density at radius 1 is 1.09 bits per heavy atom. The molecule has 4 rings (SSSR count). The number of methoxy groups -OCH3 is 1. The van der Waals surface area contributed by atoms with Crippen LogP contribution in [0.4, 0.5) is 5.69 Å². The molecule has 0 radical (unpaired) electrons. The largest absolute Gasteiger partial charge is 0.507 e. The lowest BCUT2D eigenvalue weighted by atomic mass is 9.95. The van der Waals surface area contributed by atoms with Crippen molar-refractivity contribution in [3.8, 4) is 5.75 Å². The molecule has 0 spiro atoms. The molecule has 1 saturated heterocycles. The van der Waals surface area contributed by atoms with Gasteiger partial charge in [-0.15, -0.1) is 0 Å². The third-order valence-corrected chi connectivity index (χ3v) is 5.61. The highest BCUT2D eigenvalue weighted by Gasteiger charge is 2.48. The number of hydrogen-bond donors (Lipinski definition) is 1. The molecule has 1 aromatic heterocycles. The van der Waals surface area contributed by atoms with Crippen molar-refractivity contribution < 1.29 is 19.4 Å². The van der Waals surface area contributed by atoms with E-state index in [4.69, 9.17) is 16.3 Å². The first-order valence-corrected chi connectivity index (χ1v) is 10.3. The number of aliphatic hydroxyl groups excluding tert-OH is 1. The standard InChI is InChI=1S/C25H21ClN2O4/c1-14-11-15(2)24(32-3)18(12-14)22(29)20-21(19-9-4-5-10-27-19)28(25(31)23(20)30)17-8-6-7-16(26)13-17/h4-13,21,29H,1-3H3/b22-20+. The summed E-state index contributed by atoms with van der Waals surface area (Å²) >= 11 is 6.15. The van der Waals surface area contributed by atoms with E-state index in [0.717, 1.165) is 11.1 Å². The number of halogens is 1. The van der Waals surface area contributed by atoms with Crippen molar-refractivity contribution in [2.75, 3.05) is 12.0 Å². The van der Waals surface area contributed by atoms with E-state index in [1.807, 2.05) is 19.9 Å². The maximum absolute atomic E-state index is 13.2. The molecule has 1 atom stereocenters. The normalized spacial score (nSPS) is 17.6. The molecular formula is C25H21ClN2O4. The van der Waals surface area contributed by atoms with E-state index in [1.54, 1.807) is 54.7 Å². The van der Waals surface area contributed by atoms with Gasteiger partial charge in [0.05, 0.1) is 23.9 Å². The first-order chi connectivity index (χ1) is 15.3. The predicted octanol–water partition coefficient (Wildman–Crippen LogP) is 4.99. The number of anilines is 1. The quantitative estimate of drug-likeness (QED) is 0.345. The number of aryl methyl sites for hydroxylation is 2. The fourth-order valence-corrected chi connectivity index (χ4v) is 4.27. The maximum atomic E-state index is 13.2. The van der Waals surface area contributed by atoms with Gasteiger partial charge in [0.2, 0.25) is 0 Å². The van der Waals surface area contributed by atoms with Crippen LogP contribution in [0.3, 0.4) is 0 Å². The zero-order valence-electron chi connectivity index (χ0n) is 17.8. The van der Waals surface area contributed by atoms with Gasteiger partial charge < -0.3 is 9.84 Å². The van der Waals surface area contributed by atoms with Gasteiger partial charge >= 0.3 is 0 Å². The van der Waals surface area contributed by atoms with Gasteiger partial charge in [-0.2, -0.15) is 0 Å². The summed E-state index contributed by atoms with van der Waals surface area (Å²) in [7, 11) is 1.50. The van der Waals surface area contributed by atoms with Crippen molar-refractivity contribution in [3.63, 3.8) is 0 Å². The summed E-state index contributed by atoms with van der Waals surface area (Å²) in [6.07, 6.45) is 1.57. The van der Waals surface area contributed by atoms with Gasteiger partial charge in [0.1, 0.15) is 17.6 Å². The highest BCUT2D eigenvalue weighted by Crippen LogP contribution is 2.43. The van der Waals surface area contributed by atoms with Gasteiger partial charge in [-0.25, -0.2) is 0 Å². The number of rotatable bonds is 4. The minimum absolute atomic E-state index is 0.0584. The summed E-state index contributed by atoms with van der Waals surface area (Å²) in [5, 5.41) is 11.8. The number of nitrogens with zero attached hydrogens (tertiary/aromatic N) is 2. The number of aromatic nitrogens is 1. The molecule has 2 heterocycles. The van der Waals surface area contributed by atoms with E-state index < -0.39 is 17.7 Å². The average Bonchev–Trinajstić information content (AvgIpc) is 3.04. The smallest absolute Gasteiger partial charge is 0.300 e. The lowest BCUT2D eigenvalue weighted by Gasteiger charge is -2.25. The van der Waals surface area contributed by atoms with Gasteiger partial charge in [-0.3, -0.25) is 19.5 Å². The number of hydrogen-bond acceptors (Lipinski definition) is 5. The molecule has 162 valence electrons. The van der Waals surface area contributed by atoms with Crippen molar-refractivity contribution in [2.45, 2.75) is 19.9 Å². The Morgan fingerprint density at radius 3 is 2.53 bits per heavy atom. The van der Waals surface area contributed by atoms with Crippen LogP contribution in [0.2, 0.25) is 5.02 Å². The van der Waals surface area contributed by atoms with E-state index in [0.29, 0.717) is 27.7 Å². The molecule has 3 aromatic rings. The number of carbonyl (C=O) groups is 2. The van der Waals surface area contributed by atoms with Crippen molar-refractivity contribution >= 4 is 34.7 Å². The van der Waals surface area contributed by atoms with Gasteiger partial charge in [0.15, 0.2) is 0 Å². The van der Waals surface area contributed by atoms with E-state index in [-0.39, 0.29) is 11.3 Å². The van der Waals surface area contributed by atoms with Crippen LogP contribution in [0.25, 0.3) is 5.76 Å². The van der Waals surface area contributed by atoms with Crippen molar-refractivity contribution in [2.24, 2.45) is 0 Å². The number of ether oxygens (including phenoxy) is 1. The molecule has 1 amide bonds. The Balaban J connectivity index is 2.01. The Bertz CT molecular complexity index is 1250. The molecule has 0 aliphatic carbocycles. The second-order valence-corrected chi connectivity index (χ2v) is 8.00. The van der Waals surface area contributed by atoms with Crippen LogP contribution in [-0.2, 0) is 9.59 Å². The number of carbonyl (C=O) groups excluding carboxylic acids is 2. The third-order valence-electron chi connectivity index (χ3n) is 5.38. The van der Waals surface area contributed by atoms with Crippen LogP contribution in [0.15, 0.2) is 66.4 Å². The number of pyridine rings is 1. The van der Waals surface area contributed by atoms with Gasteiger partial charge in [-0.05, 0) is 61.4 Å². The van der Waals surface area contributed by atoms with Crippen molar-refractivity contribution in [1.29, 1.82) is 0 Å². The highest BCUT2D eigenvalue weighted by molar-refractivity contribution is 6.51. The number of Topliss-reactive ketones (excluding diaryl/α,β-unsaturated/α-hetero) is 1. The molecule has 1 N–H and O–H groups in total. The zero-order chi connectivity index (χ0) is 23.0. The molecular weight excluding hydrogens is 428 g/mol. The molecule has 1 fully saturated rings. The second kappa shape index (κ2) is 8.48. The van der Waals surface area contributed by atoms with Crippen molar-refractivity contribution in [3.05, 3.63) is 93.8 Å². The molecule has 0 saturated carbocycles. The van der Waals surface area contributed by atoms with E-state index >= 15 is 0 Å². The Morgan fingerprint density at radius 2 is 1.88 bits per heavy atom. The van der Waals surface area contributed by atoms with Gasteiger partial charge in [0, 0.05) is 16.9 Å². The first kappa shape index (κ1) is 21.6. The van der Waals surface area contributed by atoms with Crippen LogP contribution in [0, 0.1) is 13.8 Å². The molecule has 1 aliphatic heterocycles. The first-order valence-electron chi connectivity index (χ1n) is 9.96. The minimum atomic E-state index is -0.930.